The van der Waals surface area contributed by atoms with Crippen molar-refractivity contribution in [3.63, 3.8) is 0 Å². The van der Waals surface area contributed by atoms with Crippen LogP contribution < -0.4 is 15.0 Å². The molecule has 1 aliphatic heterocycles. The van der Waals surface area contributed by atoms with Gasteiger partial charge in [0.25, 0.3) is 5.91 Å². The number of ether oxygens (including phenoxy) is 1. The van der Waals surface area contributed by atoms with E-state index in [0.29, 0.717) is 17.1 Å². The van der Waals surface area contributed by atoms with Gasteiger partial charge in [0, 0.05) is 19.2 Å². The Kier molecular flexibility index (Phi) is 4.93. The number of carbonyl (C=O) groups is 1. The van der Waals surface area contributed by atoms with E-state index in [4.69, 9.17) is 4.74 Å². The smallest absolute Gasteiger partial charge is 0.260 e. The number of methoxy groups -OCH3 is 1. The van der Waals surface area contributed by atoms with Crippen LogP contribution in [0, 0.1) is 5.92 Å². The second-order valence-corrected chi connectivity index (χ2v) is 6.09. The molecule has 0 unspecified atom stereocenters. The summed E-state index contributed by atoms with van der Waals surface area (Å²) in [6.07, 6.45) is 3.81. The summed E-state index contributed by atoms with van der Waals surface area (Å²) >= 11 is 0. The van der Waals surface area contributed by atoms with Gasteiger partial charge in [-0.1, -0.05) is 19.1 Å². The average molecular weight is 326 g/mol. The average Bonchev–Trinajstić information content (AvgIpc) is 2.62. The molecule has 0 atom stereocenters. The summed E-state index contributed by atoms with van der Waals surface area (Å²) in [4.78, 5) is 23.2. The van der Waals surface area contributed by atoms with Gasteiger partial charge in [-0.3, -0.25) is 4.79 Å². The zero-order valence-corrected chi connectivity index (χ0v) is 14.0. The number of nitrogens with one attached hydrogen (secondary N) is 1. The number of aromatic nitrogens is 2. The maximum Gasteiger partial charge on any atom is 0.260 e. The van der Waals surface area contributed by atoms with E-state index in [-0.39, 0.29) is 5.91 Å². The van der Waals surface area contributed by atoms with Crippen molar-refractivity contribution in [3.8, 4) is 5.75 Å². The second kappa shape index (κ2) is 7.29. The summed E-state index contributed by atoms with van der Waals surface area (Å²) in [6, 6.07) is 8.94. The van der Waals surface area contributed by atoms with E-state index in [9.17, 15) is 4.79 Å². The number of hydrogen-bond acceptors (Lipinski definition) is 5. The summed E-state index contributed by atoms with van der Waals surface area (Å²) in [5.74, 6) is 2.40. The van der Waals surface area contributed by atoms with Gasteiger partial charge in [-0.05, 0) is 30.9 Å². The Labute approximate surface area is 141 Å². The van der Waals surface area contributed by atoms with Gasteiger partial charge in [-0.15, -0.1) is 0 Å². The fourth-order valence-corrected chi connectivity index (χ4v) is 2.84. The van der Waals surface area contributed by atoms with Gasteiger partial charge in [0.15, 0.2) is 0 Å². The lowest BCUT2D eigenvalue weighted by atomic mass is 9.99. The SMILES string of the molecule is COc1ccccc1C(=O)Nc1cc(N2CCC(C)CC2)ncn1. The van der Waals surface area contributed by atoms with Crippen LogP contribution in [0.4, 0.5) is 11.6 Å². The van der Waals surface area contributed by atoms with Crippen LogP contribution in [-0.2, 0) is 0 Å². The highest BCUT2D eigenvalue weighted by molar-refractivity contribution is 6.05. The molecular formula is C18H22N4O2. The van der Waals surface area contributed by atoms with E-state index in [2.05, 4.69) is 27.1 Å². The van der Waals surface area contributed by atoms with Crippen LogP contribution in [0.1, 0.15) is 30.1 Å². The zero-order chi connectivity index (χ0) is 16.9. The Bertz CT molecular complexity index is 712. The van der Waals surface area contributed by atoms with E-state index < -0.39 is 0 Å². The molecule has 0 bridgehead atoms. The summed E-state index contributed by atoms with van der Waals surface area (Å²) in [5.41, 5.74) is 0.479. The minimum absolute atomic E-state index is 0.246. The predicted octanol–water partition coefficient (Wildman–Crippen LogP) is 2.97. The number of rotatable bonds is 4. The van der Waals surface area contributed by atoms with Crippen molar-refractivity contribution in [2.75, 3.05) is 30.4 Å². The minimum atomic E-state index is -0.246. The van der Waals surface area contributed by atoms with Crippen molar-refractivity contribution in [2.24, 2.45) is 5.92 Å². The lowest BCUT2D eigenvalue weighted by molar-refractivity contribution is 0.102. The quantitative estimate of drug-likeness (QED) is 0.935. The standard InChI is InChI=1S/C18H22N4O2/c1-13-7-9-22(10-8-13)17-11-16(19-12-20-17)21-18(23)14-5-3-4-6-15(14)24-2/h3-6,11-13H,7-10H2,1-2H3,(H,19,20,21,23). The highest BCUT2D eigenvalue weighted by atomic mass is 16.5. The van der Waals surface area contributed by atoms with Crippen molar-refractivity contribution in [3.05, 3.63) is 42.2 Å². The third kappa shape index (κ3) is 3.64. The Morgan fingerprint density at radius 1 is 1.25 bits per heavy atom. The molecule has 126 valence electrons. The minimum Gasteiger partial charge on any atom is -0.496 e. The number of amides is 1. The zero-order valence-electron chi connectivity index (χ0n) is 14.0. The third-order valence-corrected chi connectivity index (χ3v) is 4.35. The molecular weight excluding hydrogens is 304 g/mol. The van der Waals surface area contributed by atoms with E-state index in [1.54, 1.807) is 25.3 Å². The summed E-state index contributed by atoms with van der Waals surface area (Å²) in [7, 11) is 1.55. The fraction of sp³-hybridized carbons (Fsp3) is 0.389. The molecule has 1 N–H and O–H groups in total. The van der Waals surface area contributed by atoms with Gasteiger partial charge in [0.2, 0.25) is 0 Å². The van der Waals surface area contributed by atoms with Crippen LogP contribution >= 0.6 is 0 Å². The monoisotopic (exact) mass is 326 g/mol. The van der Waals surface area contributed by atoms with Gasteiger partial charge in [-0.2, -0.15) is 0 Å². The first-order valence-electron chi connectivity index (χ1n) is 8.18. The van der Waals surface area contributed by atoms with Crippen LogP contribution in [-0.4, -0.2) is 36.1 Å². The van der Waals surface area contributed by atoms with Gasteiger partial charge in [-0.25, -0.2) is 9.97 Å². The number of para-hydroxylation sites is 1. The molecule has 6 heteroatoms. The van der Waals surface area contributed by atoms with Gasteiger partial charge in [0.05, 0.1) is 12.7 Å². The highest BCUT2D eigenvalue weighted by Crippen LogP contribution is 2.23. The Morgan fingerprint density at radius 3 is 2.75 bits per heavy atom. The first-order chi connectivity index (χ1) is 11.7. The highest BCUT2D eigenvalue weighted by Gasteiger charge is 2.18. The molecule has 6 nitrogen and oxygen atoms in total. The number of hydrogen-bond donors (Lipinski definition) is 1. The van der Waals surface area contributed by atoms with Gasteiger partial charge < -0.3 is 15.0 Å². The van der Waals surface area contributed by atoms with Crippen molar-refractivity contribution in [1.29, 1.82) is 0 Å². The van der Waals surface area contributed by atoms with Crippen molar-refractivity contribution >= 4 is 17.5 Å². The summed E-state index contributed by atoms with van der Waals surface area (Å²) in [5, 5.41) is 2.82. The van der Waals surface area contributed by atoms with E-state index >= 15 is 0 Å². The van der Waals surface area contributed by atoms with Crippen molar-refractivity contribution in [2.45, 2.75) is 19.8 Å². The molecule has 0 radical (unpaired) electrons. The third-order valence-electron chi connectivity index (χ3n) is 4.35. The molecule has 1 fully saturated rings. The first-order valence-corrected chi connectivity index (χ1v) is 8.18. The van der Waals surface area contributed by atoms with Crippen molar-refractivity contribution < 1.29 is 9.53 Å². The van der Waals surface area contributed by atoms with Crippen LogP contribution in [0.3, 0.4) is 0 Å². The lowest BCUT2D eigenvalue weighted by Gasteiger charge is -2.31. The molecule has 1 aromatic carbocycles. The molecule has 1 aromatic heterocycles. The number of nitrogens with zero attached hydrogens (tertiary/aromatic N) is 3. The molecule has 1 aliphatic rings. The summed E-state index contributed by atoms with van der Waals surface area (Å²) < 4.78 is 5.23. The molecule has 3 rings (SSSR count). The summed E-state index contributed by atoms with van der Waals surface area (Å²) in [6.45, 7) is 4.24. The molecule has 2 aromatic rings. The molecule has 1 amide bonds. The first kappa shape index (κ1) is 16.2. The van der Waals surface area contributed by atoms with E-state index in [1.165, 1.54) is 6.33 Å². The normalized spacial score (nSPS) is 15.2. The van der Waals surface area contributed by atoms with E-state index in [1.807, 2.05) is 12.1 Å². The largest absolute Gasteiger partial charge is 0.496 e. The number of anilines is 2. The van der Waals surface area contributed by atoms with Crippen LogP contribution in [0.15, 0.2) is 36.7 Å². The molecule has 0 spiro atoms. The van der Waals surface area contributed by atoms with Crippen LogP contribution in [0.5, 0.6) is 5.75 Å². The van der Waals surface area contributed by atoms with Gasteiger partial charge in [0.1, 0.15) is 23.7 Å². The maximum absolute atomic E-state index is 12.5. The predicted molar refractivity (Wildman–Crippen MR) is 93.6 cm³/mol. The number of carbonyl (C=O) groups excluding carboxylic acids is 1. The van der Waals surface area contributed by atoms with Crippen LogP contribution in [0.2, 0.25) is 0 Å². The molecule has 1 saturated heterocycles. The lowest BCUT2D eigenvalue weighted by Crippen LogP contribution is -2.33. The molecule has 0 aliphatic carbocycles. The molecule has 0 saturated carbocycles. The van der Waals surface area contributed by atoms with Crippen molar-refractivity contribution in [1.82, 2.24) is 9.97 Å². The molecule has 24 heavy (non-hydrogen) atoms. The maximum atomic E-state index is 12.5. The van der Waals surface area contributed by atoms with E-state index in [0.717, 1.165) is 37.7 Å². The molecule has 2 heterocycles. The van der Waals surface area contributed by atoms with Gasteiger partial charge >= 0.3 is 0 Å². The second-order valence-electron chi connectivity index (χ2n) is 6.09. The number of benzene rings is 1. The number of piperidine rings is 1. The fourth-order valence-electron chi connectivity index (χ4n) is 2.84. The Morgan fingerprint density at radius 2 is 2.00 bits per heavy atom. The Hall–Kier alpha value is -2.63. The topological polar surface area (TPSA) is 67.3 Å². The van der Waals surface area contributed by atoms with Crippen LogP contribution in [0.25, 0.3) is 0 Å². The Balaban J connectivity index is 1.73.